The molecule has 0 radical (unpaired) electrons. The summed E-state index contributed by atoms with van der Waals surface area (Å²) in [4.78, 5) is 83.2. The topological polar surface area (TPSA) is 157 Å². The molecule has 12 nitrogen and oxygen atoms in total. The number of likely N-dealkylation sites (N-methyl/N-ethyl adjacent to an activating group) is 2. The van der Waals surface area contributed by atoms with Crippen LogP contribution in [-0.2, 0) is 24.0 Å². The Labute approximate surface area is 268 Å². The van der Waals surface area contributed by atoms with Gasteiger partial charge in [0.25, 0.3) is 5.91 Å². The van der Waals surface area contributed by atoms with Gasteiger partial charge in [-0.2, -0.15) is 0 Å². The molecule has 4 N–H and O–H groups in total. The molecule has 3 fully saturated rings. The fourth-order valence-corrected chi connectivity index (χ4v) is 6.50. The lowest BCUT2D eigenvalue weighted by Gasteiger charge is -2.39. The number of ketones is 1. The van der Waals surface area contributed by atoms with Crippen molar-refractivity contribution in [1.82, 2.24) is 31.1 Å². The molecular formula is C33H56N6O6. The molecule has 0 bridgehead atoms. The normalized spacial score (nSPS) is 24.1. The minimum absolute atomic E-state index is 0.0689. The number of piperidine rings is 1. The molecule has 3 rings (SSSR count). The molecule has 6 atom stereocenters. The zero-order chi connectivity index (χ0) is 34.4. The van der Waals surface area contributed by atoms with Crippen LogP contribution in [0.3, 0.4) is 0 Å². The quantitative estimate of drug-likeness (QED) is 0.256. The third kappa shape index (κ3) is 7.98. The van der Waals surface area contributed by atoms with Crippen LogP contribution in [0.4, 0.5) is 4.79 Å². The molecule has 2 aliphatic carbocycles. The summed E-state index contributed by atoms with van der Waals surface area (Å²) in [7, 11) is 3.07. The number of rotatable bonds is 11. The number of amides is 6. The van der Waals surface area contributed by atoms with E-state index in [4.69, 9.17) is 0 Å². The van der Waals surface area contributed by atoms with Gasteiger partial charge >= 0.3 is 6.03 Å². The number of urea groups is 1. The third-order valence-corrected chi connectivity index (χ3v) is 10.0. The molecular weight excluding hydrogens is 576 g/mol. The fraction of sp³-hybridized carbons (Fsp3) is 0.818. The van der Waals surface area contributed by atoms with Gasteiger partial charge in [0.1, 0.15) is 18.1 Å². The number of carbonyl (C=O) groups is 6. The van der Waals surface area contributed by atoms with Crippen molar-refractivity contribution in [2.45, 2.75) is 119 Å². The summed E-state index contributed by atoms with van der Waals surface area (Å²) in [5, 5.41) is 10.8. The highest BCUT2D eigenvalue weighted by Gasteiger charge is 2.70. The number of likely N-dealkylation sites (tertiary alicyclic amines) is 1. The summed E-state index contributed by atoms with van der Waals surface area (Å²) >= 11 is 0. The van der Waals surface area contributed by atoms with Gasteiger partial charge in [0.2, 0.25) is 23.5 Å². The first-order chi connectivity index (χ1) is 20.5. The molecule has 254 valence electrons. The van der Waals surface area contributed by atoms with E-state index in [1.54, 1.807) is 11.9 Å². The minimum Gasteiger partial charge on any atom is -0.353 e. The van der Waals surface area contributed by atoms with Gasteiger partial charge in [-0.3, -0.25) is 24.0 Å². The van der Waals surface area contributed by atoms with Crippen molar-refractivity contribution >= 4 is 35.4 Å². The Morgan fingerprint density at radius 1 is 0.889 bits per heavy atom. The Balaban J connectivity index is 1.85. The number of nitrogens with one attached hydrogen (secondary N) is 4. The molecule has 12 heteroatoms. The summed E-state index contributed by atoms with van der Waals surface area (Å²) in [6, 6.07) is -4.40. The zero-order valence-corrected chi connectivity index (χ0v) is 29.3. The number of carbonyl (C=O) groups excluding carboxylic acids is 6. The molecule has 1 heterocycles. The predicted octanol–water partition coefficient (Wildman–Crippen LogP) is 2.06. The first-order valence-electron chi connectivity index (χ1n) is 16.2. The van der Waals surface area contributed by atoms with Crippen molar-refractivity contribution in [1.29, 1.82) is 0 Å². The average molecular weight is 633 g/mol. The molecule has 0 aromatic heterocycles. The molecule has 1 aliphatic heterocycles. The maximum atomic E-state index is 14.3. The van der Waals surface area contributed by atoms with Gasteiger partial charge < -0.3 is 31.1 Å². The minimum atomic E-state index is -1.01. The first kappa shape index (κ1) is 36.3. The highest BCUT2D eigenvalue weighted by molar-refractivity contribution is 6.38. The van der Waals surface area contributed by atoms with Gasteiger partial charge in [-0.05, 0) is 54.3 Å². The molecule has 45 heavy (non-hydrogen) atoms. The summed E-state index contributed by atoms with van der Waals surface area (Å²) in [5.41, 5.74) is -1.52. The Bertz CT molecular complexity index is 1200. The zero-order valence-electron chi connectivity index (χ0n) is 29.3. The molecule has 3 aliphatic rings. The molecule has 0 aromatic rings. The summed E-state index contributed by atoms with van der Waals surface area (Å²) < 4.78 is 0. The maximum absolute atomic E-state index is 14.3. The van der Waals surface area contributed by atoms with Crippen LogP contribution in [-0.4, -0.2) is 96.1 Å². The van der Waals surface area contributed by atoms with E-state index >= 15 is 0 Å². The number of Topliss-reactive ketones (excluding diaryl/α,β-unsaturated/α-hetero) is 1. The maximum Gasteiger partial charge on any atom is 0.316 e. The van der Waals surface area contributed by atoms with E-state index in [0.717, 1.165) is 12.8 Å². The van der Waals surface area contributed by atoms with Crippen molar-refractivity contribution in [3.63, 3.8) is 0 Å². The monoisotopic (exact) mass is 632 g/mol. The van der Waals surface area contributed by atoms with Crippen LogP contribution < -0.4 is 21.3 Å². The summed E-state index contributed by atoms with van der Waals surface area (Å²) in [6.07, 6.45) is 2.26. The van der Waals surface area contributed by atoms with Gasteiger partial charge in [0, 0.05) is 26.7 Å². The van der Waals surface area contributed by atoms with E-state index in [2.05, 4.69) is 35.1 Å². The van der Waals surface area contributed by atoms with Crippen LogP contribution in [0.15, 0.2) is 0 Å². The molecule has 1 saturated heterocycles. The first-order valence-corrected chi connectivity index (χ1v) is 16.2. The molecule has 0 spiro atoms. The SMILES string of the molecule is CNC(=O)C(=O)C(CC1CC1)NC(=O)[C@@H]1[C@@H]2[C@H](CN1C(=O)[C@@H](NC(=O)N[C@H](C(=O)N(C)C(C)C)C(C)(C)C)C(C)(C)C)C2(C)C. The van der Waals surface area contributed by atoms with E-state index in [-0.39, 0.29) is 35.1 Å². The Kier molecular flexibility index (Phi) is 10.4. The second kappa shape index (κ2) is 12.9. The molecule has 1 unspecified atom stereocenters. The standard InChI is InChI=1S/C33H56N6O6/c1-17(2)38(12)28(43)24(31(3,4)5)36-30(45)37-25(32(6,7)8)29(44)39-16-19-21(33(19,9)10)22(39)26(41)35-20(15-18-13-14-18)23(40)27(42)34-11/h17-22,24-25H,13-16H2,1-12H3,(H,34,42)(H,35,41)(H2,36,37,45)/t19-,20?,21-,22-,24+,25+/m0/s1. The second-order valence-electron chi connectivity index (χ2n) is 16.3. The molecule has 6 amide bonds. The lowest BCUT2D eigenvalue weighted by molar-refractivity contribution is -0.145. The van der Waals surface area contributed by atoms with Crippen molar-refractivity contribution < 1.29 is 28.8 Å². The largest absolute Gasteiger partial charge is 0.353 e. The second-order valence-corrected chi connectivity index (χ2v) is 16.3. The van der Waals surface area contributed by atoms with Gasteiger partial charge in [-0.15, -0.1) is 0 Å². The van der Waals surface area contributed by atoms with Crippen LogP contribution >= 0.6 is 0 Å². The molecule has 2 saturated carbocycles. The Hall–Kier alpha value is -3.18. The van der Waals surface area contributed by atoms with Crippen LogP contribution in [0.1, 0.15) is 88.5 Å². The average Bonchev–Trinajstić information content (AvgIpc) is 3.78. The number of hydrogen-bond donors (Lipinski definition) is 4. The Morgan fingerprint density at radius 3 is 1.89 bits per heavy atom. The smallest absolute Gasteiger partial charge is 0.316 e. The van der Waals surface area contributed by atoms with Crippen molar-refractivity contribution in [2.75, 3.05) is 20.6 Å². The number of fused-ring (bicyclic) bond motifs is 1. The van der Waals surface area contributed by atoms with E-state index < -0.39 is 64.5 Å². The van der Waals surface area contributed by atoms with Crippen LogP contribution in [0.25, 0.3) is 0 Å². The van der Waals surface area contributed by atoms with Crippen molar-refractivity contribution in [3.8, 4) is 0 Å². The van der Waals surface area contributed by atoms with E-state index in [9.17, 15) is 28.8 Å². The summed E-state index contributed by atoms with van der Waals surface area (Å²) in [6.45, 7) is 19.3. The third-order valence-electron chi connectivity index (χ3n) is 10.0. The van der Waals surface area contributed by atoms with Crippen LogP contribution in [0.2, 0.25) is 0 Å². The predicted molar refractivity (Wildman–Crippen MR) is 171 cm³/mol. The van der Waals surface area contributed by atoms with E-state index in [1.165, 1.54) is 11.9 Å². The number of nitrogens with zero attached hydrogens (tertiary/aromatic N) is 2. The number of hydrogen-bond acceptors (Lipinski definition) is 6. The highest BCUT2D eigenvalue weighted by atomic mass is 16.2. The van der Waals surface area contributed by atoms with Crippen LogP contribution in [0, 0.1) is 34.0 Å². The van der Waals surface area contributed by atoms with Gasteiger partial charge in [0.15, 0.2) is 0 Å². The van der Waals surface area contributed by atoms with Gasteiger partial charge in [0.05, 0.1) is 6.04 Å². The highest BCUT2D eigenvalue weighted by Crippen LogP contribution is 2.65. The molecule has 0 aromatic carbocycles. The van der Waals surface area contributed by atoms with Crippen LogP contribution in [0.5, 0.6) is 0 Å². The van der Waals surface area contributed by atoms with Gasteiger partial charge in [-0.1, -0.05) is 68.2 Å². The van der Waals surface area contributed by atoms with Gasteiger partial charge in [-0.25, -0.2) is 4.79 Å². The lowest BCUT2D eigenvalue weighted by Crippen LogP contribution is -2.63. The fourth-order valence-electron chi connectivity index (χ4n) is 6.50. The Morgan fingerprint density at radius 2 is 1.42 bits per heavy atom. The van der Waals surface area contributed by atoms with E-state index in [0.29, 0.717) is 13.0 Å². The van der Waals surface area contributed by atoms with Crippen molar-refractivity contribution in [2.24, 2.45) is 34.0 Å². The van der Waals surface area contributed by atoms with Crippen molar-refractivity contribution in [3.05, 3.63) is 0 Å². The summed E-state index contributed by atoms with van der Waals surface area (Å²) in [5.74, 6) is -2.34. The lowest BCUT2D eigenvalue weighted by atomic mass is 9.84. The van der Waals surface area contributed by atoms with E-state index in [1.807, 2.05) is 55.4 Å².